The first-order chi connectivity index (χ1) is 8.08. The van der Waals surface area contributed by atoms with E-state index >= 15 is 0 Å². The van der Waals surface area contributed by atoms with Crippen molar-refractivity contribution in [1.29, 1.82) is 0 Å². The Labute approximate surface area is 97.7 Å². The van der Waals surface area contributed by atoms with Crippen LogP contribution in [0.4, 0.5) is 13.2 Å². The van der Waals surface area contributed by atoms with E-state index in [1.807, 2.05) is 6.92 Å². The van der Waals surface area contributed by atoms with Crippen LogP contribution in [0.5, 0.6) is 0 Å². The third-order valence-electron chi connectivity index (χ3n) is 2.72. The predicted molar refractivity (Wildman–Crippen MR) is 60.3 cm³/mol. The number of halogens is 3. The molecule has 3 heteroatoms. The largest absolute Gasteiger partial charge is 0.207 e. The Morgan fingerprint density at radius 3 is 2.47 bits per heavy atom. The van der Waals surface area contributed by atoms with Crippen LogP contribution in [-0.2, 0) is 6.42 Å². The maximum Gasteiger partial charge on any atom is 0.162 e. The fraction of sp³-hybridized carbons (Fsp3) is 0.143. The lowest BCUT2D eigenvalue weighted by Gasteiger charge is -2.07. The van der Waals surface area contributed by atoms with Gasteiger partial charge in [-0.15, -0.1) is 0 Å². The lowest BCUT2D eigenvalue weighted by Crippen LogP contribution is -1.98. The van der Waals surface area contributed by atoms with Gasteiger partial charge < -0.3 is 0 Å². The molecule has 88 valence electrons. The van der Waals surface area contributed by atoms with Crippen LogP contribution in [0, 0.1) is 24.4 Å². The summed E-state index contributed by atoms with van der Waals surface area (Å²) in [7, 11) is 0. The van der Waals surface area contributed by atoms with Crippen molar-refractivity contribution in [2.24, 2.45) is 0 Å². The second kappa shape index (κ2) is 4.62. The Morgan fingerprint density at radius 2 is 1.71 bits per heavy atom. The third-order valence-corrected chi connectivity index (χ3v) is 2.72. The SMILES string of the molecule is Cc1ccc(F)cc1Cc1cccc(F)c1F. The van der Waals surface area contributed by atoms with Gasteiger partial charge >= 0.3 is 0 Å². The lowest BCUT2D eigenvalue weighted by molar-refractivity contribution is 0.500. The molecule has 0 radical (unpaired) electrons. The van der Waals surface area contributed by atoms with Crippen LogP contribution in [0.25, 0.3) is 0 Å². The van der Waals surface area contributed by atoms with E-state index in [4.69, 9.17) is 0 Å². The molecule has 2 aromatic rings. The van der Waals surface area contributed by atoms with Gasteiger partial charge in [-0.1, -0.05) is 18.2 Å². The van der Waals surface area contributed by atoms with E-state index in [9.17, 15) is 13.2 Å². The molecular formula is C14H11F3. The number of aryl methyl sites for hydroxylation is 1. The Morgan fingerprint density at radius 1 is 0.941 bits per heavy atom. The van der Waals surface area contributed by atoms with Crippen LogP contribution in [0.3, 0.4) is 0 Å². The average molecular weight is 236 g/mol. The maximum atomic E-state index is 13.5. The Hall–Kier alpha value is -1.77. The lowest BCUT2D eigenvalue weighted by atomic mass is 10.00. The molecule has 0 aliphatic carbocycles. The van der Waals surface area contributed by atoms with Crippen LogP contribution in [-0.4, -0.2) is 0 Å². The van der Waals surface area contributed by atoms with Crippen molar-refractivity contribution in [3.05, 3.63) is 70.5 Å². The molecule has 0 amide bonds. The van der Waals surface area contributed by atoms with Crippen molar-refractivity contribution >= 4 is 0 Å². The molecule has 0 aromatic heterocycles. The van der Waals surface area contributed by atoms with Crippen molar-refractivity contribution in [3.8, 4) is 0 Å². The van der Waals surface area contributed by atoms with Gasteiger partial charge in [-0.3, -0.25) is 0 Å². The molecule has 0 spiro atoms. The minimum absolute atomic E-state index is 0.188. The number of rotatable bonds is 2. The van der Waals surface area contributed by atoms with Crippen LogP contribution in [0.1, 0.15) is 16.7 Å². The predicted octanol–water partition coefficient (Wildman–Crippen LogP) is 4.00. The summed E-state index contributed by atoms with van der Waals surface area (Å²) in [5.41, 5.74) is 1.75. The van der Waals surface area contributed by atoms with E-state index in [2.05, 4.69) is 0 Å². The van der Waals surface area contributed by atoms with E-state index in [0.717, 1.165) is 11.6 Å². The van der Waals surface area contributed by atoms with Gasteiger partial charge in [0.1, 0.15) is 5.82 Å². The van der Waals surface area contributed by atoms with Crippen molar-refractivity contribution in [3.63, 3.8) is 0 Å². The minimum Gasteiger partial charge on any atom is -0.207 e. The van der Waals surface area contributed by atoms with Crippen molar-refractivity contribution in [2.75, 3.05) is 0 Å². The van der Waals surface area contributed by atoms with Gasteiger partial charge in [0.05, 0.1) is 0 Å². The highest BCUT2D eigenvalue weighted by Crippen LogP contribution is 2.19. The second-order valence-corrected chi connectivity index (χ2v) is 3.96. The van der Waals surface area contributed by atoms with E-state index in [1.165, 1.54) is 24.3 Å². The zero-order valence-corrected chi connectivity index (χ0v) is 9.31. The molecule has 0 N–H and O–H groups in total. The van der Waals surface area contributed by atoms with Crippen molar-refractivity contribution in [2.45, 2.75) is 13.3 Å². The fourth-order valence-electron chi connectivity index (χ4n) is 1.72. The van der Waals surface area contributed by atoms with Gasteiger partial charge in [-0.05, 0) is 41.8 Å². The summed E-state index contributed by atoms with van der Waals surface area (Å²) in [5.74, 6) is -2.12. The van der Waals surface area contributed by atoms with Crippen molar-refractivity contribution < 1.29 is 13.2 Å². The summed E-state index contributed by atoms with van der Waals surface area (Å²) < 4.78 is 39.5. The molecule has 0 bridgehead atoms. The molecule has 0 atom stereocenters. The summed E-state index contributed by atoms with van der Waals surface area (Å²) in [6.07, 6.45) is 0.188. The van der Waals surface area contributed by atoms with Crippen LogP contribution < -0.4 is 0 Å². The molecule has 17 heavy (non-hydrogen) atoms. The van der Waals surface area contributed by atoms with E-state index in [0.29, 0.717) is 5.56 Å². The number of hydrogen-bond acceptors (Lipinski definition) is 0. The quantitative estimate of drug-likeness (QED) is 0.739. The van der Waals surface area contributed by atoms with Gasteiger partial charge in [0, 0.05) is 6.42 Å². The van der Waals surface area contributed by atoms with Crippen LogP contribution in [0.15, 0.2) is 36.4 Å². The van der Waals surface area contributed by atoms with Gasteiger partial charge in [0.15, 0.2) is 11.6 Å². The Balaban J connectivity index is 2.38. The Kier molecular flexibility index (Phi) is 3.18. The van der Waals surface area contributed by atoms with E-state index in [-0.39, 0.29) is 17.8 Å². The third kappa shape index (κ3) is 2.49. The van der Waals surface area contributed by atoms with E-state index < -0.39 is 11.6 Å². The first kappa shape index (κ1) is 11.7. The monoisotopic (exact) mass is 236 g/mol. The highest BCUT2D eigenvalue weighted by Gasteiger charge is 2.09. The topological polar surface area (TPSA) is 0 Å². The average Bonchev–Trinajstić information content (AvgIpc) is 2.30. The van der Waals surface area contributed by atoms with Gasteiger partial charge in [-0.2, -0.15) is 0 Å². The number of hydrogen-bond donors (Lipinski definition) is 0. The molecule has 0 aliphatic rings. The smallest absolute Gasteiger partial charge is 0.162 e. The molecule has 0 fully saturated rings. The molecule has 2 rings (SSSR count). The molecule has 0 aliphatic heterocycles. The van der Waals surface area contributed by atoms with Crippen LogP contribution in [0.2, 0.25) is 0 Å². The second-order valence-electron chi connectivity index (χ2n) is 3.96. The fourth-order valence-corrected chi connectivity index (χ4v) is 1.72. The summed E-state index contributed by atoms with van der Waals surface area (Å²) in [5, 5.41) is 0. The zero-order valence-electron chi connectivity index (χ0n) is 9.31. The Bertz CT molecular complexity index is 547. The highest BCUT2D eigenvalue weighted by atomic mass is 19.2. The molecule has 0 saturated heterocycles. The zero-order chi connectivity index (χ0) is 12.4. The molecule has 2 aromatic carbocycles. The molecule has 0 unspecified atom stereocenters. The van der Waals surface area contributed by atoms with E-state index in [1.54, 1.807) is 6.07 Å². The standard InChI is InChI=1S/C14H11F3/c1-9-5-6-12(15)8-11(9)7-10-3-2-4-13(16)14(10)17/h2-6,8H,7H2,1H3. The first-order valence-electron chi connectivity index (χ1n) is 5.26. The van der Waals surface area contributed by atoms with Crippen molar-refractivity contribution in [1.82, 2.24) is 0 Å². The van der Waals surface area contributed by atoms with Gasteiger partial charge in [0.25, 0.3) is 0 Å². The summed E-state index contributed by atoms with van der Waals surface area (Å²) in [6, 6.07) is 8.34. The van der Waals surface area contributed by atoms with Crippen LogP contribution >= 0.6 is 0 Å². The number of benzene rings is 2. The minimum atomic E-state index is -0.878. The summed E-state index contributed by atoms with van der Waals surface area (Å²) in [4.78, 5) is 0. The summed E-state index contributed by atoms with van der Waals surface area (Å²) >= 11 is 0. The molecule has 0 heterocycles. The molecular weight excluding hydrogens is 225 g/mol. The normalized spacial score (nSPS) is 10.6. The van der Waals surface area contributed by atoms with Gasteiger partial charge in [0.2, 0.25) is 0 Å². The molecule has 0 nitrogen and oxygen atoms in total. The highest BCUT2D eigenvalue weighted by molar-refractivity contribution is 5.33. The van der Waals surface area contributed by atoms with Gasteiger partial charge in [-0.25, -0.2) is 13.2 Å². The summed E-state index contributed by atoms with van der Waals surface area (Å²) in [6.45, 7) is 1.81. The first-order valence-corrected chi connectivity index (χ1v) is 5.26. The molecule has 0 saturated carbocycles. The maximum absolute atomic E-state index is 13.5.